The van der Waals surface area contributed by atoms with Crippen LogP contribution < -0.4 is 0 Å². The zero-order valence-electron chi connectivity index (χ0n) is 27.8. The molecule has 0 aromatic carbocycles. The monoisotopic (exact) mass is 622 g/mol. The molecule has 0 amide bonds. The molecule has 2 saturated heterocycles. The van der Waals surface area contributed by atoms with Gasteiger partial charge in [-0.1, -0.05) is 27.7 Å². The minimum absolute atomic E-state index is 0.00815. The number of rotatable bonds is 3. The lowest BCUT2D eigenvalue weighted by Gasteiger charge is -2.65. The summed E-state index contributed by atoms with van der Waals surface area (Å²) in [6, 6.07) is 0. The predicted octanol–water partition coefficient (Wildman–Crippen LogP) is 2.90. The fraction of sp³-hybridized carbons (Fsp3) is 1.00. The Bertz CT molecular complexity index is 1160. The lowest BCUT2D eigenvalue weighted by molar-refractivity contribution is -0.311. The molecule has 7 rings (SSSR count). The summed E-state index contributed by atoms with van der Waals surface area (Å²) < 4.78 is 19.3. The van der Waals surface area contributed by atoms with Crippen molar-refractivity contribution in [2.75, 3.05) is 6.61 Å². The molecular weight excluding hydrogens is 564 g/mol. The molecule has 0 unspecified atom stereocenters. The molecule has 0 bridgehead atoms. The van der Waals surface area contributed by atoms with Crippen molar-refractivity contribution < 1.29 is 44.8 Å². The molecule has 2 heterocycles. The Labute approximate surface area is 262 Å². The molecule has 16 atom stereocenters. The molecule has 5 saturated carbocycles. The molecule has 0 aromatic heterocycles. The molecule has 0 radical (unpaired) electrons. The molecule has 7 aliphatic rings. The second kappa shape index (κ2) is 9.63. The minimum Gasteiger partial charge on any atom is -0.393 e. The van der Waals surface area contributed by atoms with Crippen molar-refractivity contribution in [3.63, 3.8) is 0 Å². The van der Waals surface area contributed by atoms with E-state index in [1.807, 2.05) is 13.8 Å². The van der Waals surface area contributed by atoms with Crippen LogP contribution in [0.3, 0.4) is 0 Å². The van der Waals surface area contributed by atoms with Crippen LogP contribution in [-0.4, -0.2) is 97.5 Å². The number of hydrogen-bond acceptors (Lipinski definition) is 9. The lowest BCUT2D eigenvalue weighted by atomic mass is 9.41. The van der Waals surface area contributed by atoms with Gasteiger partial charge in [-0.25, -0.2) is 0 Å². The van der Waals surface area contributed by atoms with Gasteiger partial charge in [0.1, 0.15) is 18.3 Å². The summed E-state index contributed by atoms with van der Waals surface area (Å²) in [6.07, 6.45) is 0.764. The van der Waals surface area contributed by atoms with Crippen LogP contribution in [0.5, 0.6) is 0 Å². The summed E-state index contributed by atoms with van der Waals surface area (Å²) in [5.41, 5.74) is -1.99. The fourth-order valence-corrected chi connectivity index (χ4v) is 13.4. The maximum atomic E-state index is 12.0. The Morgan fingerprint density at radius 3 is 2.05 bits per heavy atom. The standard InChI is InChI=1S/C35H58O9/c1-29(2)22(38)9-11-35-17-34(35)13-12-31(5)26(33(7)10-8-23(39)30(3,4)44-33)18(36)15-32(31,6)21(34)14-20(27(29)35)43-28-25(41)24(40)19(37)16-42-28/h18-28,36-41H,8-17H2,1-7H3/t18-,19+,20-,21-,22-,23-,24-,25+,26-,27-,28-,31+,32-,33+,34-,35-/m0/s1. The van der Waals surface area contributed by atoms with Gasteiger partial charge in [-0.3, -0.25) is 0 Å². The van der Waals surface area contributed by atoms with E-state index in [2.05, 4.69) is 34.6 Å². The van der Waals surface area contributed by atoms with Gasteiger partial charge in [-0.2, -0.15) is 0 Å². The van der Waals surface area contributed by atoms with Crippen molar-refractivity contribution in [3.05, 3.63) is 0 Å². The van der Waals surface area contributed by atoms with Crippen LogP contribution in [0.1, 0.15) is 106 Å². The van der Waals surface area contributed by atoms with Gasteiger partial charge in [0.2, 0.25) is 0 Å². The highest BCUT2D eigenvalue weighted by molar-refractivity contribution is 5.33. The first-order valence-corrected chi connectivity index (χ1v) is 17.4. The van der Waals surface area contributed by atoms with E-state index in [0.717, 1.165) is 38.5 Å². The first-order valence-electron chi connectivity index (χ1n) is 17.4. The molecule has 6 N–H and O–H groups in total. The van der Waals surface area contributed by atoms with Crippen molar-refractivity contribution in [1.29, 1.82) is 0 Å². The SMILES string of the molecule is CC1(C)O[C@@](C)([C@H]2[C@@H](O)C[C@@]3(C)[C@@H]4C[C@H](O[C@@H]5OC[C@@H](O)[C@H](O)[C@H]5O)[C@H]5C(C)(C)[C@@H](O)CC[C@]56C[C@@]46CC[C@]23C)CC[C@@H]1O. The Morgan fingerprint density at radius 1 is 0.682 bits per heavy atom. The largest absolute Gasteiger partial charge is 0.393 e. The first kappa shape index (κ1) is 32.2. The summed E-state index contributed by atoms with van der Waals surface area (Å²) in [6.45, 7) is 15.1. The minimum atomic E-state index is -1.37. The van der Waals surface area contributed by atoms with E-state index >= 15 is 0 Å². The van der Waals surface area contributed by atoms with Crippen LogP contribution in [0.2, 0.25) is 0 Å². The van der Waals surface area contributed by atoms with Crippen molar-refractivity contribution in [3.8, 4) is 0 Å². The Morgan fingerprint density at radius 2 is 1.36 bits per heavy atom. The van der Waals surface area contributed by atoms with Gasteiger partial charge in [0, 0.05) is 5.92 Å². The average molecular weight is 623 g/mol. The number of fused-ring (bicyclic) bond motifs is 2. The van der Waals surface area contributed by atoms with E-state index in [4.69, 9.17) is 14.2 Å². The van der Waals surface area contributed by atoms with Crippen LogP contribution >= 0.6 is 0 Å². The number of hydrogen-bond donors (Lipinski definition) is 6. The molecule has 5 aliphatic carbocycles. The summed E-state index contributed by atoms with van der Waals surface area (Å²) in [7, 11) is 0. The van der Waals surface area contributed by atoms with Gasteiger partial charge in [0.15, 0.2) is 6.29 Å². The summed E-state index contributed by atoms with van der Waals surface area (Å²) >= 11 is 0. The van der Waals surface area contributed by atoms with E-state index in [9.17, 15) is 30.6 Å². The van der Waals surface area contributed by atoms with Crippen LogP contribution in [0.15, 0.2) is 0 Å². The maximum absolute atomic E-state index is 12.0. The number of ether oxygens (including phenoxy) is 3. The highest BCUT2D eigenvalue weighted by Crippen LogP contribution is 2.89. The molecule has 44 heavy (non-hydrogen) atoms. The van der Waals surface area contributed by atoms with Gasteiger partial charge in [0.25, 0.3) is 0 Å². The second-order valence-electron chi connectivity index (χ2n) is 18.2. The smallest absolute Gasteiger partial charge is 0.186 e. The molecule has 2 aliphatic heterocycles. The molecular formula is C35H58O9. The van der Waals surface area contributed by atoms with Gasteiger partial charge in [0.05, 0.1) is 42.2 Å². The van der Waals surface area contributed by atoms with E-state index in [-0.39, 0.29) is 52.1 Å². The quantitative estimate of drug-likeness (QED) is 0.261. The highest BCUT2D eigenvalue weighted by atomic mass is 16.7. The van der Waals surface area contributed by atoms with E-state index < -0.39 is 59.5 Å². The normalized spacial score (nSPS) is 60.9. The third kappa shape index (κ3) is 3.91. The lowest BCUT2D eigenvalue weighted by Crippen LogP contribution is -2.64. The van der Waals surface area contributed by atoms with Gasteiger partial charge in [-0.15, -0.1) is 0 Å². The van der Waals surface area contributed by atoms with E-state index in [0.29, 0.717) is 19.3 Å². The van der Waals surface area contributed by atoms with Crippen molar-refractivity contribution in [1.82, 2.24) is 0 Å². The highest BCUT2D eigenvalue weighted by Gasteiger charge is 2.85. The number of aliphatic hydroxyl groups is 6. The van der Waals surface area contributed by atoms with E-state index in [1.165, 1.54) is 0 Å². The third-order valence-electron chi connectivity index (χ3n) is 15.6. The van der Waals surface area contributed by atoms with Crippen LogP contribution in [0.25, 0.3) is 0 Å². The van der Waals surface area contributed by atoms with Gasteiger partial charge in [-0.05, 0) is 117 Å². The number of aliphatic hydroxyl groups excluding tert-OH is 6. The summed E-state index contributed by atoms with van der Waals surface area (Å²) in [5.74, 6) is 0.217. The molecule has 7 fully saturated rings. The first-order chi connectivity index (χ1) is 20.3. The Balaban J connectivity index is 1.27. The molecule has 9 heteroatoms. The molecule has 9 nitrogen and oxygen atoms in total. The summed E-state index contributed by atoms with van der Waals surface area (Å²) in [4.78, 5) is 0. The zero-order valence-corrected chi connectivity index (χ0v) is 27.8. The molecule has 2 spiro atoms. The zero-order chi connectivity index (χ0) is 32.0. The summed E-state index contributed by atoms with van der Waals surface area (Å²) in [5, 5.41) is 65.6. The van der Waals surface area contributed by atoms with E-state index in [1.54, 1.807) is 0 Å². The fourth-order valence-electron chi connectivity index (χ4n) is 13.4. The van der Waals surface area contributed by atoms with Crippen LogP contribution in [0, 0.1) is 44.8 Å². The third-order valence-corrected chi connectivity index (χ3v) is 15.6. The second-order valence-corrected chi connectivity index (χ2v) is 18.2. The molecule has 0 aromatic rings. The van der Waals surface area contributed by atoms with Gasteiger partial charge < -0.3 is 44.8 Å². The predicted molar refractivity (Wildman–Crippen MR) is 161 cm³/mol. The van der Waals surface area contributed by atoms with Crippen LogP contribution in [0.4, 0.5) is 0 Å². The maximum Gasteiger partial charge on any atom is 0.186 e. The van der Waals surface area contributed by atoms with Crippen molar-refractivity contribution >= 4 is 0 Å². The Hall–Kier alpha value is -0.360. The topological polar surface area (TPSA) is 149 Å². The average Bonchev–Trinajstić information content (AvgIpc) is 3.52. The van der Waals surface area contributed by atoms with Crippen molar-refractivity contribution in [2.24, 2.45) is 44.8 Å². The van der Waals surface area contributed by atoms with Gasteiger partial charge >= 0.3 is 0 Å². The van der Waals surface area contributed by atoms with Crippen molar-refractivity contribution in [2.45, 2.75) is 166 Å². The van der Waals surface area contributed by atoms with Crippen LogP contribution in [-0.2, 0) is 14.2 Å². The Kier molecular flexibility index (Phi) is 7.04. The molecule has 252 valence electrons.